The molecule has 2 aromatic rings. The lowest BCUT2D eigenvalue weighted by atomic mass is 9.58. The molecule has 0 bridgehead atoms. The minimum Gasteiger partial charge on any atom is -0.399 e. The van der Waals surface area contributed by atoms with Gasteiger partial charge in [-0.1, -0.05) is 52.3 Å². The van der Waals surface area contributed by atoms with E-state index in [0.717, 1.165) is 5.56 Å². The molecule has 2 atom stereocenters. The molecular weight excluding hydrogens is 469 g/mol. The van der Waals surface area contributed by atoms with Crippen molar-refractivity contribution in [3.63, 3.8) is 0 Å². The molecule has 2 N–H and O–H groups in total. The summed E-state index contributed by atoms with van der Waals surface area (Å²) in [5.41, 5.74) is 6.53. The van der Waals surface area contributed by atoms with E-state index in [9.17, 15) is 15.8 Å². The molecule has 1 aliphatic carbocycles. The smallest absolute Gasteiger partial charge is 0.191 e. The van der Waals surface area contributed by atoms with E-state index in [0.29, 0.717) is 29.7 Å². The minimum atomic E-state index is -1.86. The van der Waals surface area contributed by atoms with Crippen LogP contribution in [0.2, 0.25) is 0 Å². The Morgan fingerprint density at radius 3 is 2.50 bits per heavy atom. The van der Waals surface area contributed by atoms with Crippen molar-refractivity contribution in [3.05, 3.63) is 92.9 Å². The van der Waals surface area contributed by atoms with Crippen LogP contribution in [0.4, 0.5) is 4.39 Å². The fourth-order valence-corrected chi connectivity index (χ4v) is 5.19. The molecule has 158 valence electrons. The first kappa shape index (κ1) is 21.8. The minimum absolute atomic E-state index is 0.103. The molecule has 0 spiro atoms. The van der Waals surface area contributed by atoms with Gasteiger partial charge in [0.2, 0.25) is 0 Å². The second kappa shape index (κ2) is 8.60. The normalized spacial score (nSPS) is 22.2. The molecule has 1 aliphatic heterocycles. The van der Waals surface area contributed by atoms with Crippen LogP contribution in [-0.4, -0.2) is 18.0 Å². The SMILES string of the molecule is N#CC1=C(N)C(C#N)(C#N)[C@H](c2cc(Br)ccc2F)[C@@H]2CN(Cc3ccccc3)CC=C12. The second-order valence-corrected chi connectivity index (χ2v) is 8.94. The van der Waals surface area contributed by atoms with Gasteiger partial charge in [-0.2, -0.15) is 15.8 Å². The Bertz CT molecular complexity index is 1230. The summed E-state index contributed by atoms with van der Waals surface area (Å²) in [4.78, 5) is 2.17. The Morgan fingerprint density at radius 2 is 1.84 bits per heavy atom. The van der Waals surface area contributed by atoms with Crippen LogP contribution >= 0.6 is 15.9 Å². The van der Waals surface area contributed by atoms with Crippen molar-refractivity contribution in [1.29, 1.82) is 15.8 Å². The van der Waals surface area contributed by atoms with Crippen molar-refractivity contribution in [3.8, 4) is 18.2 Å². The number of halogens is 2. The lowest BCUT2D eigenvalue weighted by Crippen LogP contribution is -2.48. The summed E-state index contributed by atoms with van der Waals surface area (Å²) in [6.07, 6.45) is 1.92. The topological polar surface area (TPSA) is 101 Å². The molecule has 2 aromatic carbocycles. The van der Waals surface area contributed by atoms with Crippen molar-refractivity contribution < 1.29 is 4.39 Å². The van der Waals surface area contributed by atoms with Crippen LogP contribution in [0.5, 0.6) is 0 Å². The summed E-state index contributed by atoms with van der Waals surface area (Å²) in [5.74, 6) is -1.82. The summed E-state index contributed by atoms with van der Waals surface area (Å²) in [6.45, 7) is 1.70. The number of hydrogen-bond acceptors (Lipinski definition) is 5. The maximum atomic E-state index is 15.1. The average molecular weight is 488 g/mol. The van der Waals surface area contributed by atoms with E-state index in [2.05, 4.69) is 39.0 Å². The summed E-state index contributed by atoms with van der Waals surface area (Å²) < 4.78 is 15.7. The highest BCUT2D eigenvalue weighted by molar-refractivity contribution is 9.10. The van der Waals surface area contributed by atoms with Crippen LogP contribution in [0.25, 0.3) is 0 Å². The van der Waals surface area contributed by atoms with Gasteiger partial charge in [0, 0.05) is 35.9 Å². The van der Waals surface area contributed by atoms with Gasteiger partial charge in [0.1, 0.15) is 11.9 Å². The largest absolute Gasteiger partial charge is 0.399 e. The van der Waals surface area contributed by atoms with Gasteiger partial charge in [0.05, 0.1) is 23.4 Å². The van der Waals surface area contributed by atoms with Gasteiger partial charge in [-0.15, -0.1) is 0 Å². The third-order valence-electron chi connectivity index (χ3n) is 6.28. The van der Waals surface area contributed by atoms with Gasteiger partial charge >= 0.3 is 0 Å². The number of hydrogen-bond donors (Lipinski definition) is 1. The van der Waals surface area contributed by atoms with Gasteiger partial charge in [-0.25, -0.2) is 4.39 Å². The average Bonchev–Trinajstić information content (AvgIpc) is 2.81. The zero-order chi connectivity index (χ0) is 22.9. The molecule has 0 saturated carbocycles. The zero-order valence-electron chi connectivity index (χ0n) is 17.1. The van der Waals surface area contributed by atoms with Crippen LogP contribution in [0.15, 0.2) is 75.9 Å². The number of nitrogens with two attached hydrogens (primary N) is 1. The fourth-order valence-electron chi connectivity index (χ4n) is 4.81. The highest BCUT2D eigenvalue weighted by atomic mass is 79.9. The Hall–Kier alpha value is -3.44. The molecular formula is C25H19BrFN5. The highest BCUT2D eigenvalue weighted by Gasteiger charge is 2.55. The van der Waals surface area contributed by atoms with E-state index in [4.69, 9.17) is 5.73 Å². The van der Waals surface area contributed by atoms with E-state index in [1.54, 1.807) is 12.1 Å². The Morgan fingerprint density at radius 1 is 1.12 bits per heavy atom. The first-order valence-corrected chi connectivity index (χ1v) is 10.9. The number of nitrogens with zero attached hydrogens (tertiary/aromatic N) is 4. The lowest BCUT2D eigenvalue weighted by Gasteiger charge is -2.45. The molecule has 0 unspecified atom stereocenters. The molecule has 0 aromatic heterocycles. The number of rotatable bonds is 3. The number of nitriles is 3. The highest BCUT2D eigenvalue weighted by Crippen LogP contribution is 2.54. The summed E-state index contributed by atoms with van der Waals surface area (Å²) >= 11 is 3.38. The maximum absolute atomic E-state index is 15.1. The Kier molecular flexibility index (Phi) is 5.85. The van der Waals surface area contributed by atoms with Crippen molar-refractivity contribution in [1.82, 2.24) is 4.90 Å². The van der Waals surface area contributed by atoms with Crippen LogP contribution in [0, 0.1) is 51.1 Å². The standard InChI is InChI=1S/C25H19BrFN5/c26-17-6-7-22(27)19(10-17)23-21-13-32(12-16-4-2-1-3-5-16)9-8-18(21)20(11-28)24(31)25(23,14-29)15-30/h1-8,10,21,23H,9,12-13,31H2/t21-,23-/m1/s1. The monoisotopic (exact) mass is 487 g/mol. The lowest BCUT2D eigenvalue weighted by molar-refractivity contribution is 0.199. The van der Waals surface area contributed by atoms with Crippen LogP contribution in [-0.2, 0) is 6.54 Å². The van der Waals surface area contributed by atoms with Gasteiger partial charge < -0.3 is 5.73 Å². The van der Waals surface area contributed by atoms with Crippen LogP contribution in [0.1, 0.15) is 17.0 Å². The molecule has 5 nitrogen and oxygen atoms in total. The van der Waals surface area contributed by atoms with E-state index in [-0.39, 0.29) is 16.8 Å². The number of allylic oxidation sites excluding steroid dienone is 2. The predicted octanol–water partition coefficient (Wildman–Crippen LogP) is 4.51. The molecule has 2 aliphatic rings. The predicted molar refractivity (Wildman–Crippen MR) is 121 cm³/mol. The van der Waals surface area contributed by atoms with Crippen molar-refractivity contribution in [2.45, 2.75) is 12.5 Å². The third-order valence-corrected chi connectivity index (χ3v) is 6.78. The number of benzene rings is 2. The third kappa shape index (κ3) is 3.49. The fraction of sp³-hybridized carbons (Fsp3) is 0.240. The molecule has 0 fully saturated rings. The Labute approximate surface area is 194 Å². The first-order chi connectivity index (χ1) is 15.4. The zero-order valence-corrected chi connectivity index (χ0v) is 18.7. The van der Waals surface area contributed by atoms with E-state index < -0.39 is 23.1 Å². The Balaban J connectivity index is 1.89. The van der Waals surface area contributed by atoms with Crippen molar-refractivity contribution in [2.24, 2.45) is 17.1 Å². The first-order valence-electron chi connectivity index (χ1n) is 10.1. The summed E-state index contributed by atoms with van der Waals surface area (Å²) in [7, 11) is 0. The quantitative estimate of drug-likeness (QED) is 0.685. The molecule has 32 heavy (non-hydrogen) atoms. The summed E-state index contributed by atoms with van der Waals surface area (Å²) in [5, 5.41) is 30.1. The van der Waals surface area contributed by atoms with Crippen LogP contribution in [0.3, 0.4) is 0 Å². The van der Waals surface area contributed by atoms with E-state index >= 15 is 4.39 Å². The van der Waals surface area contributed by atoms with Gasteiger partial charge in [-0.3, -0.25) is 4.90 Å². The van der Waals surface area contributed by atoms with Gasteiger partial charge in [0.25, 0.3) is 0 Å². The van der Waals surface area contributed by atoms with Crippen molar-refractivity contribution >= 4 is 15.9 Å². The number of fused-ring (bicyclic) bond motifs is 1. The van der Waals surface area contributed by atoms with Crippen molar-refractivity contribution in [2.75, 3.05) is 13.1 Å². The van der Waals surface area contributed by atoms with Gasteiger partial charge in [-0.05, 0) is 34.9 Å². The molecule has 7 heteroatoms. The molecule has 0 radical (unpaired) electrons. The molecule has 0 saturated heterocycles. The maximum Gasteiger partial charge on any atom is 0.191 e. The van der Waals surface area contributed by atoms with Gasteiger partial charge in [0.15, 0.2) is 5.41 Å². The van der Waals surface area contributed by atoms with Crippen LogP contribution < -0.4 is 5.73 Å². The summed E-state index contributed by atoms with van der Waals surface area (Å²) in [6, 6.07) is 20.6. The van der Waals surface area contributed by atoms with E-state index in [1.807, 2.05) is 36.4 Å². The molecule has 0 amide bonds. The second-order valence-electron chi connectivity index (χ2n) is 8.02. The molecule has 1 heterocycles. The molecule has 4 rings (SSSR count). The van der Waals surface area contributed by atoms with E-state index in [1.165, 1.54) is 6.07 Å².